The largest absolute Gasteiger partial charge is 0.393 e. The predicted octanol–water partition coefficient (Wildman–Crippen LogP) is 1.01. The first kappa shape index (κ1) is 9.16. The van der Waals surface area contributed by atoms with E-state index in [1.54, 1.807) is 0 Å². The molecule has 2 nitrogen and oxygen atoms in total. The van der Waals surface area contributed by atoms with Crippen molar-refractivity contribution in [2.75, 3.05) is 0 Å². The van der Waals surface area contributed by atoms with Crippen LogP contribution in [-0.2, 0) is 13.0 Å². The minimum atomic E-state index is 0.0767. The third-order valence-corrected chi connectivity index (χ3v) is 1.73. The molecular formula is C9H11NOS. The van der Waals surface area contributed by atoms with Crippen molar-refractivity contribution < 1.29 is 5.11 Å². The van der Waals surface area contributed by atoms with Crippen LogP contribution in [0.1, 0.15) is 11.1 Å². The summed E-state index contributed by atoms with van der Waals surface area (Å²) in [7, 11) is 0. The number of thiocarbonyl (C=S) groups is 1. The molecule has 0 aliphatic rings. The molecule has 0 bridgehead atoms. The van der Waals surface area contributed by atoms with E-state index in [0.717, 1.165) is 11.1 Å². The van der Waals surface area contributed by atoms with Gasteiger partial charge in [0.05, 0.1) is 11.6 Å². The number of benzene rings is 1. The number of hydrogen-bond acceptors (Lipinski definition) is 2. The van der Waals surface area contributed by atoms with Crippen LogP contribution in [0.5, 0.6) is 0 Å². The molecule has 1 aromatic carbocycles. The first-order valence-corrected chi connectivity index (χ1v) is 4.10. The van der Waals surface area contributed by atoms with Crippen molar-refractivity contribution in [2.45, 2.75) is 13.0 Å². The van der Waals surface area contributed by atoms with E-state index in [2.05, 4.69) is 0 Å². The maximum absolute atomic E-state index is 8.76. The van der Waals surface area contributed by atoms with Crippen molar-refractivity contribution in [3.05, 3.63) is 35.4 Å². The number of rotatable bonds is 3. The first-order chi connectivity index (χ1) is 5.72. The summed E-state index contributed by atoms with van der Waals surface area (Å²) in [5.41, 5.74) is 7.36. The van der Waals surface area contributed by atoms with Gasteiger partial charge in [0.25, 0.3) is 0 Å². The molecule has 0 aliphatic carbocycles. The van der Waals surface area contributed by atoms with Gasteiger partial charge in [-0.2, -0.15) is 0 Å². The molecule has 3 heteroatoms. The Morgan fingerprint density at radius 2 is 1.75 bits per heavy atom. The van der Waals surface area contributed by atoms with Crippen LogP contribution in [0.2, 0.25) is 0 Å². The lowest BCUT2D eigenvalue weighted by Gasteiger charge is -2.00. The van der Waals surface area contributed by atoms with Gasteiger partial charge in [0, 0.05) is 6.42 Å². The summed E-state index contributed by atoms with van der Waals surface area (Å²) < 4.78 is 0. The molecule has 0 radical (unpaired) electrons. The number of hydrogen-bond donors (Lipinski definition) is 2. The lowest BCUT2D eigenvalue weighted by Crippen LogP contribution is -2.10. The highest BCUT2D eigenvalue weighted by atomic mass is 32.1. The average Bonchev–Trinajstić information content (AvgIpc) is 2.05. The molecule has 0 spiro atoms. The van der Waals surface area contributed by atoms with E-state index in [-0.39, 0.29) is 6.61 Å². The molecule has 0 atom stereocenters. The van der Waals surface area contributed by atoms with Gasteiger partial charge in [-0.1, -0.05) is 36.5 Å². The third kappa shape index (κ3) is 2.60. The van der Waals surface area contributed by atoms with E-state index in [1.807, 2.05) is 24.3 Å². The van der Waals surface area contributed by atoms with E-state index in [4.69, 9.17) is 23.1 Å². The Morgan fingerprint density at radius 3 is 2.17 bits per heavy atom. The first-order valence-electron chi connectivity index (χ1n) is 3.69. The Hall–Kier alpha value is -0.930. The van der Waals surface area contributed by atoms with Gasteiger partial charge in [-0.05, 0) is 11.1 Å². The zero-order valence-corrected chi connectivity index (χ0v) is 7.47. The van der Waals surface area contributed by atoms with Crippen molar-refractivity contribution in [1.82, 2.24) is 0 Å². The Labute approximate surface area is 77.0 Å². The second kappa shape index (κ2) is 4.18. The van der Waals surface area contributed by atoms with Crippen LogP contribution in [0.15, 0.2) is 24.3 Å². The van der Waals surface area contributed by atoms with Gasteiger partial charge in [0.15, 0.2) is 0 Å². The topological polar surface area (TPSA) is 46.2 Å². The highest BCUT2D eigenvalue weighted by Gasteiger charge is 1.94. The van der Waals surface area contributed by atoms with Gasteiger partial charge in [0.1, 0.15) is 0 Å². The molecule has 0 amide bonds. The van der Waals surface area contributed by atoms with Crippen molar-refractivity contribution >= 4 is 17.2 Å². The summed E-state index contributed by atoms with van der Waals surface area (Å²) in [6, 6.07) is 7.58. The summed E-state index contributed by atoms with van der Waals surface area (Å²) >= 11 is 4.77. The fourth-order valence-corrected chi connectivity index (χ4v) is 1.13. The fourth-order valence-electron chi connectivity index (χ4n) is 0.964. The summed E-state index contributed by atoms with van der Waals surface area (Å²) in [4.78, 5) is 0.492. The van der Waals surface area contributed by atoms with Gasteiger partial charge in [-0.25, -0.2) is 0 Å². The molecule has 0 aliphatic heterocycles. The van der Waals surface area contributed by atoms with E-state index >= 15 is 0 Å². The van der Waals surface area contributed by atoms with Crippen LogP contribution in [0.3, 0.4) is 0 Å². The Bertz CT molecular complexity index is 268. The van der Waals surface area contributed by atoms with E-state index in [1.165, 1.54) is 0 Å². The molecular weight excluding hydrogens is 170 g/mol. The lowest BCUT2D eigenvalue weighted by atomic mass is 10.1. The minimum absolute atomic E-state index is 0.0767. The molecule has 12 heavy (non-hydrogen) atoms. The average molecular weight is 181 g/mol. The molecule has 1 rings (SSSR count). The van der Waals surface area contributed by atoms with Crippen LogP contribution in [0, 0.1) is 0 Å². The molecule has 3 N–H and O–H groups in total. The monoisotopic (exact) mass is 181 g/mol. The second-order valence-electron chi connectivity index (χ2n) is 2.62. The zero-order valence-electron chi connectivity index (χ0n) is 6.66. The maximum Gasteiger partial charge on any atom is 0.0771 e. The van der Waals surface area contributed by atoms with Crippen LogP contribution in [0.25, 0.3) is 0 Å². The maximum atomic E-state index is 8.76. The van der Waals surface area contributed by atoms with Crippen molar-refractivity contribution in [3.63, 3.8) is 0 Å². The predicted molar refractivity (Wildman–Crippen MR) is 52.9 cm³/mol. The third-order valence-electron chi connectivity index (χ3n) is 1.58. The standard InChI is InChI=1S/C9H11NOS/c10-9(12)5-7-1-3-8(6-11)4-2-7/h1-4,11H,5-6H2,(H2,10,12). The number of aliphatic hydroxyl groups is 1. The molecule has 0 aromatic heterocycles. The van der Waals surface area contributed by atoms with Crippen molar-refractivity contribution in [1.29, 1.82) is 0 Å². The number of nitrogens with two attached hydrogens (primary N) is 1. The summed E-state index contributed by atoms with van der Waals surface area (Å²) in [5.74, 6) is 0. The van der Waals surface area contributed by atoms with Gasteiger partial charge >= 0.3 is 0 Å². The summed E-state index contributed by atoms with van der Waals surface area (Å²) in [5, 5.41) is 8.76. The molecule has 0 saturated heterocycles. The Morgan fingerprint density at radius 1 is 1.25 bits per heavy atom. The van der Waals surface area contributed by atoms with Gasteiger partial charge < -0.3 is 10.8 Å². The smallest absolute Gasteiger partial charge is 0.0771 e. The van der Waals surface area contributed by atoms with Crippen molar-refractivity contribution in [2.24, 2.45) is 5.73 Å². The quantitative estimate of drug-likeness (QED) is 0.684. The summed E-state index contributed by atoms with van der Waals surface area (Å²) in [6.07, 6.45) is 0.626. The van der Waals surface area contributed by atoms with Crippen LogP contribution in [0.4, 0.5) is 0 Å². The van der Waals surface area contributed by atoms with Gasteiger partial charge in [-0.15, -0.1) is 0 Å². The fraction of sp³-hybridized carbons (Fsp3) is 0.222. The SMILES string of the molecule is NC(=S)Cc1ccc(CO)cc1. The van der Waals surface area contributed by atoms with Crippen LogP contribution < -0.4 is 5.73 Å². The molecule has 64 valence electrons. The highest BCUT2D eigenvalue weighted by molar-refractivity contribution is 7.80. The van der Waals surface area contributed by atoms with E-state index in [0.29, 0.717) is 11.4 Å². The van der Waals surface area contributed by atoms with Crippen molar-refractivity contribution in [3.8, 4) is 0 Å². The molecule has 0 fully saturated rings. The molecule has 0 saturated carbocycles. The molecule has 0 heterocycles. The summed E-state index contributed by atoms with van der Waals surface area (Å²) in [6.45, 7) is 0.0767. The second-order valence-corrected chi connectivity index (χ2v) is 3.14. The number of aliphatic hydroxyl groups excluding tert-OH is 1. The van der Waals surface area contributed by atoms with E-state index < -0.39 is 0 Å². The van der Waals surface area contributed by atoms with Gasteiger partial charge in [0.2, 0.25) is 0 Å². The molecule has 0 unspecified atom stereocenters. The zero-order chi connectivity index (χ0) is 8.97. The minimum Gasteiger partial charge on any atom is -0.393 e. The van der Waals surface area contributed by atoms with Crippen LogP contribution in [-0.4, -0.2) is 10.1 Å². The highest BCUT2D eigenvalue weighted by Crippen LogP contribution is 2.04. The van der Waals surface area contributed by atoms with Gasteiger partial charge in [-0.3, -0.25) is 0 Å². The van der Waals surface area contributed by atoms with E-state index in [9.17, 15) is 0 Å². The Kier molecular flexibility index (Phi) is 3.19. The molecule has 1 aromatic rings. The lowest BCUT2D eigenvalue weighted by molar-refractivity contribution is 0.282. The normalized spacial score (nSPS) is 9.75. The Balaban J connectivity index is 2.71. The van der Waals surface area contributed by atoms with Crippen LogP contribution >= 0.6 is 12.2 Å².